The first-order chi connectivity index (χ1) is 13.1. The minimum absolute atomic E-state index is 0.0329. The van der Waals surface area contributed by atoms with E-state index in [1.54, 1.807) is 13.2 Å². The van der Waals surface area contributed by atoms with Crippen molar-refractivity contribution in [3.05, 3.63) is 65.5 Å². The number of nitrogens with two attached hydrogens (primary N) is 1. The fourth-order valence-electron chi connectivity index (χ4n) is 2.52. The van der Waals surface area contributed by atoms with Gasteiger partial charge in [-0.3, -0.25) is 0 Å². The van der Waals surface area contributed by atoms with Gasteiger partial charge >= 0.3 is 0 Å². The number of nitriles is 1. The Labute approximate surface area is 157 Å². The molecule has 0 unspecified atom stereocenters. The number of hydrogen-bond acceptors (Lipinski definition) is 7. The second-order valence-corrected chi connectivity index (χ2v) is 5.73. The van der Waals surface area contributed by atoms with Crippen molar-refractivity contribution in [2.75, 3.05) is 18.2 Å². The average molecular weight is 358 g/mol. The van der Waals surface area contributed by atoms with E-state index in [0.29, 0.717) is 0 Å². The van der Waals surface area contributed by atoms with Gasteiger partial charge in [-0.15, -0.1) is 0 Å². The normalized spacial score (nSPS) is 10.9. The largest absolute Gasteiger partial charge is 0.496 e. The molecule has 0 aliphatic heterocycles. The van der Waals surface area contributed by atoms with Crippen LogP contribution in [-0.4, -0.2) is 22.1 Å². The number of benzene rings is 2. The quantitative estimate of drug-likeness (QED) is 0.671. The first kappa shape index (κ1) is 17.9. The number of hydrogen-bond donors (Lipinski definition) is 2. The van der Waals surface area contributed by atoms with Crippen LogP contribution in [-0.2, 0) is 0 Å². The van der Waals surface area contributed by atoms with Crippen LogP contribution in [0.25, 0.3) is 11.6 Å². The van der Waals surface area contributed by atoms with Crippen LogP contribution in [0.15, 0.2) is 48.5 Å². The fourth-order valence-corrected chi connectivity index (χ4v) is 2.52. The van der Waals surface area contributed by atoms with Crippen LogP contribution in [0.1, 0.15) is 17.0 Å². The molecule has 0 fully saturated rings. The summed E-state index contributed by atoms with van der Waals surface area (Å²) in [5.74, 6) is 1.29. The number of aromatic nitrogens is 3. The molecule has 0 saturated carbocycles. The zero-order chi connectivity index (χ0) is 19.2. The van der Waals surface area contributed by atoms with E-state index in [1.165, 1.54) is 0 Å². The number of nitrogens with one attached hydrogen (secondary N) is 1. The molecule has 0 saturated heterocycles. The van der Waals surface area contributed by atoms with Crippen molar-refractivity contribution in [1.29, 1.82) is 5.26 Å². The molecule has 0 spiro atoms. The van der Waals surface area contributed by atoms with E-state index < -0.39 is 0 Å². The standard InChI is InChI=1S/C20H18N6O/c1-13-10-14(8-9-17(13)27-2)11-15(12-21)18-24-19(22)26-20(25-18)23-16-6-4-3-5-7-16/h3-11H,1-2H3,(H3,22,23,24,25,26). The van der Waals surface area contributed by atoms with Gasteiger partial charge in [-0.25, -0.2) is 0 Å². The highest BCUT2D eigenvalue weighted by molar-refractivity contribution is 5.87. The van der Waals surface area contributed by atoms with Crippen LogP contribution < -0.4 is 15.8 Å². The molecule has 0 atom stereocenters. The van der Waals surface area contributed by atoms with E-state index in [9.17, 15) is 5.26 Å². The van der Waals surface area contributed by atoms with E-state index in [2.05, 4.69) is 26.3 Å². The monoisotopic (exact) mass is 358 g/mol. The molecule has 0 radical (unpaired) electrons. The molecule has 0 amide bonds. The number of rotatable bonds is 5. The summed E-state index contributed by atoms with van der Waals surface area (Å²) < 4.78 is 5.26. The lowest BCUT2D eigenvalue weighted by molar-refractivity contribution is 0.411. The average Bonchev–Trinajstić information content (AvgIpc) is 2.66. The summed E-state index contributed by atoms with van der Waals surface area (Å²) >= 11 is 0. The summed E-state index contributed by atoms with van der Waals surface area (Å²) in [4.78, 5) is 12.5. The van der Waals surface area contributed by atoms with Gasteiger partial charge in [-0.1, -0.05) is 24.3 Å². The molecule has 2 aromatic carbocycles. The molecule has 7 nitrogen and oxygen atoms in total. The zero-order valence-electron chi connectivity index (χ0n) is 15.0. The zero-order valence-corrected chi connectivity index (χ0v) is 15.0. The molecule has 3 rings (SSSR count). The summed E-state index contributed by atoms with van der Waals surface area (Å²) in [6, 6.07) is 17.2. The fraction of sp³-hybridized carbons (Fsp3) is 0.100. The van der Waals surface area contributed by atoms with Crippen LogP contribution in [0, 0.1) is 18.3 Å². The van der Waals surface area contributed by atoms with E-state index in [4.69, 9.17) is 10.5 Å². The van der Waals surface area contributed by atoms with E-state index >= 15 is 0 Å². The Bertz CT molecular complexity index is 1020. The van der Waals surface area contributed by atoms with Crippen molar-refractivity contribution >= 4 is 29.2 Å². The summed E-state index contributed by atoms with van der Waals surface area (Å²) in [5, 5.41) is 12.6. The van der Waals surface area contributed by atoms with Crippen molar-refractivity contribution < 1.29 is 4.74 Å². The highest BCUT2D eigenvalue weighted by Crippen LogP contribution is 2.22. The lowest BCUT2D eigenvalue weighted by atomic mass is 10.1. The van der Waals surface area contributed by atoms with Crippen LogP contribution in [0.5, 0.6) is 5.75 Å². The third kappa shape index (κ3) is 4.38. The van der Waals surface area contributed by atoms with Crippen molar-refractivity contribution in [2.45, 2.75) is 6.92 Å². The van der Waals surface area contributed by atoms with Gasteiger partial charge in [0.05, 0.1) is 12.7 Å². The Balaban J connectivity index is 1.95. The predicted molar refractivity (Wildman–Crippen MR) is 105 cm³/mol. The van der Waals surface area contributed by atoms with Crippen LogP contribution in [0.3, 0.4) is 0 Å². The van der Waals surface area contributed by atoms with Crippen molar-refractivity contribution in [1.82, 2.24) is 15.0 Å². The number of anilines is 3. The topological polar surface area (TPSA) is 110 Å². The molecule has 0 aliphatic rings. The number of para-hydroxylation sites is 1. The maximum absolute atomic E-state index is 9.58. The molecule has 0 aliphatic carbocycles. The predicted octanol–water partition coefficient (Wildman–Crippen LogP) is 3.58. The van der Waals surface area contributed by atoms with Crippen LogP contribution >= 0.6 is 0 Å². The number of aryl methyl sites for hydroxylation is 1. The molecule has 27 heavy (non-hydrogen) atoms. The molecule has 3 N–H and O–H groups in total. The minimum atomic E-state index is 0.0329. The minimum Gasteiger partial charge on any atom is -0.496 e. The molecule has 3 aromatic rings. The van der Waals surface area contributed by atoms with Crippen molar-refractivity contribution in [2.24, 2.45) is 0 Å². The summed E-state index contributed by atoms with van der Waals surface area (Å²) in [5.41, 5.74) is 8.69. The molecule has 1 heterocycles. The Kier molecular flexibility index (Phi) is 5.28. The van der Waals surface area contributed by atoms with Crippen molar-refractivity contribution in [3.8, 4) is 11.8 Å². The Morgan fingerprint density at radius 1 is 1.15 bits per heavy atom. The molecule has 134 valence electrons. The summed E-state index contributed by atoms with van der Waals surface area (Å²) in [7, 11) is 1.62. The second kappa shape index (κ2) is 7.97. The summed E-state index contributed by atoms with van der Waals surface area (Å²) in [6.07, 6.45) is 1.70. The number of methoxy groups -OCH3 is 1. The van der Waals surface area contributed by atoms with Gasteiger partial charge in [0, 0.05) is 5.69 Å². The Morgan fingerprint density at radius 3 is 2.59 bits per heavy atom. The summed E-state index contributed by atoms with van der Waals surface area (Å²) in [6.45, 7) is 1.94. The van der Waals surface area contributed by atoms with Gasteiger partial charge < -0.3 is 15.8 Å². The van der Waals surface area contributed by atoms with E-state index in [1.807, 2.05) is 55.5 Å². The third-order valence-electron chi connectivity index (χ3n) is 3.77. The molecule has 0 bridgehead atoms. The molecule has 7 heteroatoms. The van der Waals surface area contributed by atoms with Gasteiger partial charge in [-0.05, 0) is 48.4 Å². The maximum atomic E-state index is 9.58. The SMILES string of the molecule is COc1ccc(C=C(C#N)c2nc(N)nc(Nc3ccccc3)n2)cc1C. The van der Waals surface area contributed by atoms with Crippen LogP contribution in [0.2, 0.25) is 0 Å². The van der Waals surface area contributed by atoms with E-state index in [-0.39, 0.29) is 23.3 Å². The van der Waals surface area contributed by atoms with E-state index in [0.717, 1.165) is 22.6 Å². The first-order valence-corrected chi connectivity index (χ1v) is 8.19. The Hall–Kier alpha value is -3.92. The third-order valence-corrected chi connectivity index (χ3v) is 3.77. The Morgan fingerprint density at radius 2 is 1.93 bits per heavy atom. The molecule has 1 aromatic heterocycles. The van der Waals surface area contributed by atoms with Crippen LogP contribution in [0.4, 0.5) is 17.6 Å². The first-order valence-electron chi connectivity index (χ1n) is 8.19. The number of allylic oxidation sites excluding steroid dienone is 1. The highest BCUT2D eigenvalue weighted by atomic mass is 16.5. The number of nitrogens with zero attached hydrogens (tertiary/aromatic N) is 4. The van der Waals surface area contributed by atoms with Gasteiger partial charge in [0.25, 0.3) is 0 Å². The number of ether oxygens (including phenoxy) is 1. The second-order valence-electron chi connectivity index (χ2n) is 5.73. The van der Waals surface area contributed by atoms with Gasteiger partial charge in [0.15, 0.2) is 5.82 Å². The highest BCUT2D eigenvalue weighted by Gasteiger charge is 2.10. The maximum Gasteiger partial charge on any atom is 0.232 e. The van der Waals surface area contributed by atoms with Crippen molar-refractivity contribution in [3.63, 3.8) is 0 Å². The molecular weight excluding hydrogens is 340 g/mol. The van der Waals surface area contributed by atoms with Gasteiger partial charge in [-0.2, -0.15) is 20.2 Å². The van der Waals surface area contributed by atoms with Gasteiger partial charge in [0.2, 0.25) is 11.9 Å². The van der Waals surface area contributed by atoms with Gasteiger partial charge in [0.1, 0.15) is 11.8 Å². The number of nitrogen functional groups attached to an aromatic ring is 1. The lowest BCUT2D eigenvalue weighted by Crippen LogP contribution is -2.06. The molecular formula is C20H18N6O. The smallest absolute Gasteiger partial charge is 0.232 e. The lowest BCUT2D eigenvalue weighted by Gasteiger charge is -2.07.